The van der Waals surface area contributed by atoms with E-state index in [2.05, 4.69) is 33.1 Å². The van der Waals surface area contributed by atoms with Crippen molar-refractivity contribution in [3.8, 4) is 5.75 Å². The number of nitrogens with zero attached hydrogens (tertiary/aromatic N) is 3. The van der Waals surface area contributed by atoms with E-state index >= 15 is 0 Å². The molecule has 0 radical (unpaired) electrons. The number of fused-ring (bicyclic) bond motifs is 1. The largest absolute Gasteiger partial charge is 0.497 e. The zero-order valence-corrected chi connectivity index (χ0v) is 19.0. The molecule has 31 heavy (non-hydrogen) atoms. The lowest BCUT2D eigenvalue weighted by molar-refractivity contribution is 0.0393. The van der Waals surface area contributed by atoms with E-state index < -0.39 is 6.10 Å². The van der Waals surface area contributed by atoms with Crippen LogP contribution in [0.5, 0.6) is 5.75 Å². The first kappa shape index (κ1) is 23.7. The molecule has 0 bridgehead atoms. The summed E-state index contributed by atoms with van der Waals surface area (Å²) < 4.78 is 5.47. The average molecular weight is 431 g/mol. The molecule has 1 atom stereocenters. The molecule has 1 aromatic carbocycles. The Morgan fingerprint density at radius 2 is 1.84 bits per heavy atom. The van der Waals surface area contributed by atoms with Crippen molar-refractivity contribution in [3.63, 3.8) is 0 Å². The number of aliphatic hydroxyl groups excluding tert-OH is 2. The summed E-state index contributed by atoms with van der Waals surface area (Å²) in [6, 6.07) is 6.12. The molecule has 172 valence electrons. The van der Waals surface area contributed by atoms with Gasteiger partial charge in [0.05, 0.1) is 31.0 Å². The Labute approximate surface area is 186 Å². The number of unbranched alkanes of at least 4 members (excludes halogenated alkanes) is 3. The molecule has 2 heterocycles. The van der Waals surface area contributed by atoms with Crippen molar-refractivity contribution in [3.05, 3.63) is 30.0 Å². The number of β-amino-alcohol motifs (C(OH)–C–C–N with tert-alkyl or cyclic N) is 1. The van der Waals surface area contributed by atoms with Crippen LogP contribution in [0.3, 0.4) is 0 Å². The van der Waals surface area contributed by atoms with Gasteiger partial charge in [-0.3, -0.25) is 9.88 Å². The first-order valence-electron chi connectivity index (χ1n) is 11.5. The monoisotopic (exact) mass is 430 g/mol. The molecule has 0 spiro atoms. The van der Waals surface area contributed by atoms with E-state index in [1.54, 1.807) is 7.11 Å². The predicted molar refractivity (Wildman–Crippen MR) is 126 cm³/mol. The second-order valence-electron chi connectivity index (χ2n) is 8.52. The van der Waals surface area contributed by atoms with Gasteiger partial charge in [-0.05, 0) is 44.0 Å². The highest BCUT2D eigenvalue weighted by molar-refractivity contribution is 5.93. The zero-order valence-electron chi connectivity index (χ0n) is 19.0. The molecule has 2 aromatic rings. The Morgan fingerprint density at radius 1 is 1.10 bits per heavy atom. The summed E-state index contributed by atoms with van der Waals surface area (Å²) in [5.41, 5.74) is 3.26. The molecule has 1 aliphatic rings. The van der Waals surface area contributed by atoms with E-state index in [0.29, 0.717) is 6.54 Å². The van der Waals surface area contributed by atoms with Crippen molar-refractivity contribution in [1.29, 1.82) is 0 Å². The summed E-state index contributed by atoms with van der Waals surface area (Å²) in [5.74, 6) is 0.858. The van der Waals surface area contributed by atoms with Gasteiger partial charge in [0.2, 0.25) is 0 Å². The van der Waals surface area contributed by atoms with Gasteiger partial charge in [-0.15, -0.1) is 0 Å². The molecule has 0 saturated carbocycles. The molecule has 1 aliphatic heterocycles. The third kappa shape index (κ3) is 7.04. The number of hydrogen-bond donors (Lipinski definition) is 3. The van der Waals surface area contributed by atoms with E-state index in [9.17, 15) is 5.11 Å². The molecular weight excluding hydrogens is 392 g/mol. The third-order valence-electron chi connectivity index (χ3n) is 6.13. The number of anilines is 1. The van der Waals surface area contributed by atoms with Crippen molar-refractivity contribution >= 4 is 16.6 Å². The predicted octanol–water partition coefficient (Wildman–Crippen LogP) is 2.49. The van der Waals surface area contributed by atoms with Crippen LogP contribution in [0.15, 0.2) is 24.4 Å². The van der Waals surface area contributed by atoms with Gasteiger partial charge in [-0.1, -0.05) is 12.8 Å². The van der Waals surface area contributed by atoms with Gasteiger partial charge in [0.1, 0.15) is 5.75 Å². The number of pyridine rings is 1. The second-order valence-corrected chi connectivity index (χ2v) is 8.52. The fourth-order valence-corrected chi connectivity index (χ4v) is 4.20. The molecule has 7 nitrogen and oxygen atoms in total. The van der Waals surface area contributed by atoms with Gasteiger partial charge < -0.3 is 25.2 Å². The number of hydrogen-bond acceptors (Lipinski definition) is 7. The van der Waals surface area contributed by atoms with Crippen LogP contribution in [0.1, 0.15) is 31.2 Å². The topological polar surface area (TPSA) is 81.1 Å². The van der Waals surface area contributed by atoms with Gasteiger partial charge in [0.15, 0.2) is 0 Å². The smallest absolute Gasteiger partial charge is 0.121 e. The number of aromatic nitrogens is 1. The van der Waals surface area contributed by atoms with Gasteiger partial charge in [-0.25, -0.2) is 0 Å². The first-order chi connectivity index (χ1) is 15.1. The Balaban J connectivity index is 1.32. The van der Waals surface area contributed by atoms with E-state index in [1.807, 2.05) is 18.3 Å². The average Bonchev–Trinajstić information content (AvgIpc) is 2.79. The van der Waals surface area contributed by atoms with Crippen molar-refractivity contribution in [1.82, 2.24) is 14.8 Å². The van der Waals surface area contributed by atoms with Crippen LogP contribution >= 0.6 is 0 Å². The molecule has 3 N–H and O–H groups in total. The number of benzene rings is 1. The molecule has 1 unspecified atom stereocenters. The molecule has 1 saturated heterocycles. The molecule has 1 aromatic heterocycles. The highest BCUT2D eigenvalue weighted by Gasteiger charge is 2.18. The normalized spacial score (nSPS) is 16.5. The number of aryl methyl sites for hydroxylation is 1. The molecule has 0 aliphatic carbocycles. The molecule has 3 rings (SSSR count). The fraction of sp³-hybridized carbons (Fsp3) is 0.625. The number of methoxy groups -OCH3 is 1. The van der Waals surface area contributed by atoms with E-state index in [-0.39, 0.29) is 6.61 Å². The maximum atomic E-state index is 9.56. The van der Waals surface area contributed by atoms with Crippen molar-refractivity contribution in [2.24, 2.45) is 0 Å². The van der Waals surface area contributed by atoms with Crippen LogP contribution in [0.25, 0.3) is 10.9 Å². The van der Waals surface area contributed by atoms with Crippen LogP contribution in [-0.4, -0.2) is 90.6 Å². The Kier molecular flexibility index (Phi) is 9.33. The van der Waals surface area contributed by atoms with Crippen LogP contribution in [0, 0.1) is 6.92 Å². The van der Waals surface area contributed by atoms with Crippen LogP contribution in [0.4, 0.5) is 5.69 Å². The van der Waals surface area contributed by atoms with E-state index in [0.717, 1.165) is 68.0 Å². The van der Waals surface area contributed by atoms with Gasteiger partial charge in [-0.2, -0.15) is 0 Å². The van der Waals surface area contributed by atoms with Crippen LogP contribution in [-0.2, 0) is 0 Å². The maximum absolute atomic E-state index is 9.56. The zero-order chi connectivity index (χ0) is 22.1. The van der Waals surface area contributed by atoms with Gasteiger partial charge >= 0.3 is 0 Å². The number of aliphatic hydroxyl groups is 2. The number of piperazine rings is 1. The summed E-state index contributed by atoms with van der Waals surface area (Å²) in [4.78, 5) is 9.32. The van der Waals surface area contributed by atoms with Gasteiger partial charge in [0.25, 0.3) is 0 Å². The summed E-state index contributed by atoms with van der Waals surface area (Å²) in [6.45, 7) is 8.66. The SMILES string of the molecule is COc1cc(NCCCCCCN2CCN(CC(O)CO)CC2)c2nccc(C)c2c1. The Hall–Kier alpha value is -1.93. The Bertz CT molecular complexity index is 809. The van der Waals surface area contributed by atoms with Crippen molar-refractivity contribution < 1.29 is 14.9 Å². The number of nitrogens with one attached hydrogen (secondary N) is 1. The number of rotatable bonds is 12. The van der Waals surface area contributed by atoms with E-state index in [4.69, 9.17) is 9.84 Å². The summed E-state index contributed by atoms with van der Waals surface area (Å²) >= 11 is 0. The second kappa shape index (κ2) is 12.2. The van der Waals surface area contributed by atoms with Gasteiger partial charge in [0, 0.05) is 56.9 Å². The molecule has 0 amide bonds. The maximum Gasteiger partial charge on any atom is 0.121 e. The quantitative estimate of drug-likeness (QED) is 0.446. The fourth-order valence-electron chi connectivity index (χ4n) is 4.20. The van der Waals surface area contributed by atoms with Crippen molar-refractivity contribution in [2.75, 3.05) is 64.8 Å². The standard InChI is InChI=1S/C24H38N4O3/c1-19-7-9-26-24-22(19)15-21(31-2)16-23(24)25-8-5-3-4-6-10-27-11-13-28(14-12-27)17-20(30)18-29/h7,9,15-16,20,25,29-30H,3-6,8,10-14,17-18H2,1-2H3. The summed E-state index contributed by atoms with van der Waals surface area (Å²) in [6.07, 6.45) is 6.06. The minimum absolute atomic E-state index is 0.154. The highest BCUT2D eigenvalue weighted by Crippen LogP contribution is 2.29. The Morgan fingerprint density at radius 3 is 2.58 bits per heavy atom. The lowest BCUT2D eigenvalue weighted by Gasteiger charge is -2.35. The molecule has 1 fully saturated rings. The van der Waals surface area contributed by atoms with E-state index in [1.165, 1.54) is 24.8 Å². The highest BCUT2D eigenvalue weighted by atomic mass is 16.5. The summed E-state index contributed by atoms with van der Waals surface area (Å²) in [7, 11) is 1.70. The lowest BCUT2D eigenvalue weighted by Crippen LogP contribution is -2.49. The van der Waals surface area contributed by atoms with Crippen LogP contribution in [0.2, 0.25) is 0 Å². The first-order valence-corrected chi connectivity index (χ1v) is 11.5. The minimum atomic E-state index is -0.616. The lowest BCUT2D eigenvalue weighted by atomic mass is 10.1. The molecule has 7 heteroatoms. The number of ether oxygens (including phenoxy) is 1. The van der Waals surface area contributed by atoms with Crippen LogP contribution < -0.4 is 10.1 Å². The minimum Gasteiger partial charge on any atom is -0.497 e. The third-order valence-corrected chi connectivity index (χ3v) is 6.13. The summed E-state index contributed by atoms with van der Waals surface area (Å²) in [5, 5.41) is 23.2. The molecular formula is C24H38N4O3. The van der Waals surface area contributed by atoms with Crippen molar-refractivity contribution in [2.45, 2.75) is 38.7 Å².